The van der Waals surface area contributed by atoms with Gasteiger partial charge in [0, 0.05) is 0 Å². The SMILES string of the molecule is O=C(NN=Cc1ccc(-c2ccccc2)cc1)c1ccccc1O. The molecule has 1 amide bonds. The van der Waals surface area contributed by atoms with E-state index in [1.807, 2.05) is 42.5 Å². The van der Waals surface area contributed by atoms with Crippen molar-refractivity contribution in [3.05, 3.63) is 90.0 Å². The Morgan fingerprint density at radius 2 is 1.46 bits per heavy atom. The summed E-state index contributed by atoms with van der Waals surface area (Å²) in [6.45, 7) is 0. The molecule has 0 aliphatic heterocycles. The van der Waals surface area contributed by atoms with E-state index in [0.717, 1.165) is 16.7 Å². The summed E-state index contributed by atoms with van der Waals surface area (Å²) in [5, 5.41) is 13.5. The Hall–Kier alpha value is -3.40. The van der Waals surface area contributed by atoms with Gasteiger partial charge in [-0.15, -0.1) is 0 Å². The fraction of sp³-hybridized carbons (Fsp3) is 0. The highest BCUT2D eigenvalue weighted by Crippen LogP contribution is 2.18. The van der Waals surface area contributed by atoms with Crippen LogP contribution in [-0.4, -0.2) is 17.2 Å². The minimum Gasteiger partial charge on any atom is -0.507 e. The molecule has 118 valence electrons. The Balaban J connectivity index is 1.65. The van der Waals surface area contributed by atoms with Gasteiger partial charge in [-0.3, -0.25) is 4.79 Å². The van der Waals surface area contributed by atoms with E-state index >= 15 is 0 Å². The predicted octanol–water partition coefficient (Wildman–Crippen LogP) is 3.82. The van der Waals surface area contributed by atoms with Gasteiger partial charge in [-0.05, 0) is 28.8 Å². The van der Waals surface area contributed by atoms with E-state index in [1.165, 1.54) is 12.1 Å². The third-order valence-electron chi connectivity index (χ3n) is 3.55. The number of carbonyl (C=O) groups is 1. The Kier molecular flexibility index (Phi) is 4.68. The van der Waals surface area contributed by atoms with Gasteiger partial charge in [-0.25, -0.2) is 5.43 Å². The first kappa shape index (κ1) is 15.5. The second-order valence-electron chi connectivity index (χ2n) is 5.20. The average Bonchev–Trinajstić information content (AvgIpc) is 2.63. The van der Waals surface area contributed by atoms with Gasteiger partial charge >= 0.3 is 0 Å². The van der Waals surface area contributed by atoms with Crippen molar-refractivity contribution in [1.29, 1.82) is 0 Å². The molecule has 0 heterocycles. The van der Waals surface area contributed by atoms with E-state index in [2.05, 4.69) is 22.7 Å². The van der Waals surface area contributed by atoms with Crippen LogP contribution in [0.5, 0.6) is 5.75 Å². The molecule has 24 heavy (non-hydrogen) atoms. The van der Waals surface area contributed by atoms with Crippen molar-refractivity contribution in [3.8, 4) is 16.9 Å². The lowest BCUT2D eigenvalue weighted by atomic mass is 10.0. The maximum absolute atomic E-state index is 11.9. The van der Waals surface area contributed by atoms with Crippen molar-refractivity contribution in [2.75, 3.05) is 0 Å². The van der Waals surface area contributed by atoms with Crippen molar-refractivity contribution >= 4 is 12.1 Å². The molecule has 4 nitrogen and oxygen atoms in total. The average molecular weight is 316 g/mol. The molecule has 3 rings (SSSR count). The van der Waals surface area contributed by atoms with Crippen molar-refractivity contribution in [3.63, 3.8) is 0 Å². The smallest absolute Gasteiger partial charge is 0.275 e. The molecule has 0 bridgehead atoms. The van der Waals surface area contributed by atoms with E-state index in [0.29, 0.717) is 0 Å². The quantitative estimate of drug-likeness (QED) is 0.568. The van der Waals surface area contributed by atoms with Gasteiger partial charge in [0.2, 0.25) is 0 Å². The minimum atomic E-state index is -0.453. The third-order valence-corrected chi connectivity index (χ3v) is 3.55. The lowest BCUT2D eigenvalue weighted by molar-refractivity contribution is 0.0952. The Bertz CT molecular complexity index is 856. The second kappa shape index (κ2) is 7.24. The van der Waals surface area contributed by atoms with Gasteiger partial charge < -0.3 is 5.11 Å². The Morgan fingerprint density at radius 1 is 0.833 bits per heavy atom. The largest absolute Gasteiger partial charge is 0.507 e. The number of nitrogens with one attached hydrogen (secondary N) is 1. The predicted molar refractivity (Wildman–Crippen MR) is 95.0 cm³/mol. The number of hydrogen-bond acceptors (Lipinski definition) is 3. The maximum Gasteiger partial charge on any atom is 0.275 e. The van der Waals surface area contributed by atoms with Crippen LogP contribution in [0.2, 0.25) is 0 Å². The molecule has 0 aliphatic rings. The zero-order valence-corrected chi connectivity index (χ0v) is 12.9. The van der Waals surface area contributed by atoms with Crippen molar-refractivity contribution in [2.24, 2.45) is 5.10 Å². The summed E-state index contributed by atoms with van der Waals surface area (Å²) in [5.41, 5.74) is 5.73. The highest BCUT2D eigenvalue weighted by molar-refractivity contribution is 5.97. The highest BCUT2D eigenvalue weighted by Gasteiger charge is 2.08. The summed E-state index contributed by atoms with van der Waals surface area (Å²) >= 11 is 0. The first-order valence-corrected chi connectivity index (χ1v) is 7.51. The van der Waals surface area contributed by atoms with E-state index in [1.54, 1.807) is 18.3 Å². The number of hydrazone groups is 1. The van der Waals surface area contributed by atoms with E-state index in [4.69, 9.17) is 0 Å². The lowest BCUT2D eigenvalue weighted by Crippen LogP contribution is -2.17. The number of phenols is 1. The maximum atomic E-state index is 11.9. The number of nitrogens with zero attached hydrogens (tertiary/aromatic N) is 1. The molecule has 2 N–H and O–H groups in total. The monoisotopic (exact) mass is 316 g/mol. The number of hydrogen-bond donors (Lipinski definition) is 2. The van der Waals surface area contributed by atoms with Gasteiger partial charge in [-0.1, -0.05) is 66.7 Å². The molecular weight excluding hydrogens is 300 g/mol. The molecule has 3 aromatic rings. The molecule has 0 aliphatic carbocycles. The summed E-state index contributed by atoms with van der Waals surface area (Å²) in [4.78, 5) is 11.9. The first-order chi connectivity index (χ1) is 11.7. The van der Waals surface area contributed by atoms with Crippen LogP contribution in [0.15, 0.2) is 84.0 Å². The molecule has 3 aromatic carbocycles. The fourth-order valence-electron chi connectivity index (χ4n) is 2.28. The van der Waals surface area contributed by atoms with Gasteiger partial charge in [0.15, 0.2) is 0 Å². The number of amides is 1. The zero-order chi connectivity index (χ0) is 16.8. The zero-order valence-electron chi connectivity index (χ0n) is 12.9. The molecule has 0 aromatic heterocycles. The molecule has 4 heteroatoms. The van der Waals surface area contributed by atoms with E-state index in [9.17, 15) is 9.90 Å². The molecule has 0 fully saturated rings. The van der Waals surface area contributed by atoms with Crippen molar-refractivity contribution < 1.29 is 9.90 Å². The summed E-state index contributed by atoms with van der Waals surface area (Å²) in [6.07, 6.45) is 1.56. The van der Waals surface area contributed by atoms with Crippen molar-refractivity contribution in [1.82, 2.24) is 5.43 Å². The first-order valence-electron chi connectivity index (χ1n) is 7.51. The highest BCUT2D eigenvalue weighted by atomic mass is 16.3. The van der Waals surface area contributed by atoms with Gasteiger partial charge in [-0.2, -0.15) is 5.10 Å². The van der Waals surface area contributed by atoms with Crippen LogP contribution < -0.4 is 5.43 Å². The van der Waals surface area contributed by atoms with Crippen LogP contribution >= 0.6 is 0 Å². The van der Waals surface area contributed by atoms with Crippen LogP contribution in [0.3, 0.4) is 0 Å². The second-order valence-corrected chi connectivity index (χ2v) is 5.20. The Morgan fingerprint density at radius 3 is 2.17 bits per heavy atom. The van der Waals surface area contributed by atoms with Crippen LogP contribution in [0.4, 0.5) is 0 Å². The number of aromatic hydroxyl groups is 1. The van der Waals surface area contributed by atoms with Crippen LogP contribution in [0.25, 0.3) is 11.1 Å². The van der Waals surface area contributed by atoms with Gasteiger partial charge in [0.05, 0.1) is 11.8 Å². The topological polar surface area (TPSA) is 61.7 Å². The van der Waals surface area contributed by atoms with Gasteiger partial charge in [0.25, 0.3) is 5.91 Å². The van der Waals surface area contributed by atoms with Crippen molar-refractivity contribution in [2.45, 2.75) is 0 Å². The minimum absolute atomic E-state index is 0.0718. The normalized spacial score (nSPS) is 10.7. The molecular formula is C20H16N2O2. The summed E-state index contributed by atoms with van der Waals surface area (Å²) < 4.78 is 0. The van der Waals surface area contributed by atoms with Crippen LogP contribution in [0.1, 0.15) is 15.9 Å². The molecule has 0 unspecified atom stereocenters. The summed E-state index contributed by atoms with van der Waals surface area (Å²) in [6, 6.07) is 24.3. The molecule has 0 saturated carbocycles. The summed E-state index contributed by atoms with van der Waals surface area (Å²) in [7, 11) is 0. The standard InChI is InChI=1S/C20H16N2O2/c23-19-9-5-4-8-18(19)20(24)22-21-14-15-10-12-17(13-11-15)16-6-2-1-3-7-16/h1-14,23H,(H,22,24). The van der Waals surface area contributed by atoms with E-state index < -0.39 is 5.91 Å². The van der Waals surface area contributed by atoms with Crippen LogP contribution in [-0.2, 0) is 0 Å². The molecule has 0 spiro atoms. The van der Waals surface area contributed by atoms with Gasteiger partial charge in [0.1, 0.15) is 5.75 Å². The van der Waals surface area contributed by atoms with E-state index in [-0.39, 0.29) is 11.3 Å². The fourth-order valence-corrected chi connectivity index (χ4v) is 2.28. The molecule has 0 saturated heterocycles. The van der Waals surface area contributed by atoms with Crippen LogP contribution in [0, 0.1) is 0 Å². The Labute approximate surface area is 140 Å². The molecule has 0 atom stereocenters. The number of carbonyl (C=O) groups excluding carboxylic acids is 1. The number of para-hydroxylation sites is 1. The number of rotatable bonds is 4. The summed E-state index contributed by atoms with van der Waals surface area (Å²) in [5.74, 6) is -0.525. The third kappa shape index (κ3) is 3.67. The molecule has 0 radical (unpaired) electrons. The number of phenolic OH excluding ortho intramolecular Hbond substituents is 1. The number of benzene rings is 3. The lowest BCUT2D eigenvalue weighted by Gasteiger charge is -2.03.